The summed E-state index contributed by atoms with van der Waals surface area (Å²) in [6.07, 6.45) is 0.752. The van der Waals surface area contributed by atoms with Gasteiger partial charge in [-0.1, -0.05) is 13.0 Å². The number of nitrogens with one attached hydrogen (secondary N) is 1. The van der Waals surface area contributed by atoms with Gasteiger partial charge in [-0.05, 0) is 31.5 Å². The molecule has 146 valence electrons. The molecule has 7 nitrogen and oxygen atoms in total. The van der Waals surface area contributed by atoms with Gasteiger partial charge in [-0.15, -0.1) is 11.3 Å². The van der Waals surface area contributed by atoms with Crippen molar-refractivity contribution >= 4 is 28.2 Å². The molecule has 0 radical (unpaired) electrons. The van der Waals surface area contributed by atoms with Crippen LogP contribution in [0.4, 0.5) is 5.00 Å². The second-order valence-corrected chi connectivity index (χ2v) is 6.49. The molecule has 2 rings (SSSR count). The lowest BCUT2D eigenvalue weighted by molar-refractivity contribution is -0.118. The molecule has 27 heavy (non-hydrogen) atoms. The monoisotopic (exact) mass is 393 g/mol. The molecule has 2 aromatic rings. The Morgan fingerprint density at radius 1 is 1.11 bits per heavy atom. The van der Waals surface area contributed by atoms with Crippen molar-refractivity contribution in [1.82, 2.24) is 0 Å². The number of anilines is 1. The number of hydrogen-bond acceptors (Lipinski definition) is 7. The number of esters is 1. The molecule has 0 spiro atoms. The molecule has 1 aromatic carbocycles. The molecule has 1 aromatic heterocycles. The molecule has 0 aliphatic carbocycles. The van der Waals surface area contributed by atoms with Gasteiger partial charge in [0.05, 0.1) is 26.4 Å². The summed E-state index contributed by atoms with van der Waals surface area (Å²) in [5.74, 6) is 0.385. The lowest BCUT2D eigenvalue weighted by Gasteiger charge is -2.14. The minimum absolute atomic E-state index is 0.264. The largest absolute Gasteiger partial charge is 0.493 e. The van der Waals surface area contributed by atoms with Crippen LogP contribution in [0.15, 0.2) is 24.3 Å². The fourth-order valence-electron chi connectivity index (χ4n) is 2.33. The minimum Gasteiger partial charge on any atom is -0.493 e. The van der Waals surface area contributed by atoms with Crippen molar-refractivity contribution in [2.75, 3.05) is 32.8 Å². The quantitative estimate of drug-likeness (QED) is 0.657. The molecule has 0 saturated carbocycles. The van der Waals surface area contributed by atoms with Gasteiger partial charge in [-0.2, -0.15) is 0 Å². The minimum atomic E-state index is -0.462. The first-order chi connectivity index (χ1) is 13.0. The van der Waals surface area contributed by atoms with E-state index in [-0.39, 0.29) is 13.2 Å². The van der Waals surface area contributed by atoms with Crippen molar-refractivity contribution in [1.29, 1.82) is 0 Å². The van der Waals surface area contributed by atoms with E-state index in [1.165, 1.54) is 25.6 Å². The standard InChI is InChI=1S/C19H23NO6S/c1-5-12-10-13(19(22)25-6-2)18(27-12)20-16(21)11-26-17-14(23-3)8-7-9-15(17)24-4/h7-10H,5-6,11H2,1-4H3,(H,20,21). The van der Waals surface area contributed by atoms with Crippen LogP contribution in [0.1, 0.15) is 29.1 Å². The van der Waals surface area contributed by atoms with Crippen LogP contribution in [0.5, 0.6) is 17.2 Å². The Kier molecular flexibility index (Phi) is 7.48. The highest BCUT2D eigenvalue weighted by molar-refractivity contribution is 7.16. The lowest BCUT2D eigenvalue weighted by Crippen LogP contribution is -2.21. The van der Waals surface area contributed by atoms with Crippen LogP contribution in [0.3, 0.4) is 0 Å². The average Bonchev–Trinajstić information content (AvgIpc) is 3.09. The van der Waals surface area contributed by atoms with E-state index in [1.807, 2.05) is 6.92 Å². The molecule has 0 atom stereocenters. The third-order valence-electron chi connectivity index (χ3n) is 3.61. The summed E-state index contributed by atoms with van der Waals surface area (Å²) < 4.78 is 21.1. The number of thiophene rings is 1. The lowest BCUT2D eigenvalue weighted by atomic mass is 10.2. The summed E-state index contributed by atoms with van der Waals surface area (Å²) in [5.41, 5.74) is 0.349. The number of ether oxygens (including phenoxy) is 4. The Morgan fingerprint density at radius 3 is 2.33 bits per heavy atom. The van der Waals surface area contributed by atoms with Gasteiger partial charge in [0.1, 0.15) is 5.00 Å². The van der Waals surface area contributed by atoms with Crippen LogP contribution in [0.2, 0.25) is 0 Å². The number of amides is 1. The first kappa shape index (κ1) is 20.6. The average molecular weight is 393 g/mol. The molecule has 0 fully saturated rings. The van der Waals surface area contributed by atoms with Gasteiger partial charge in [0.25, 0.3) is 5.91 Å². The normalized spacial score (nSPS) is 10.2. The Hall–Kier alpha value is -2.74. The van der Waals surface area contributed by atoms with E-state index in [9.17, 15) is 9.59 Å². The number of aryl methyl sites for hydroxylation is 1. The smallest absolute Gasteiger partial charge is 0.341 e. The third kappa shape index (κ3) is 5.13. The molecule has 0 bridgehead atoms. The number of benzene rings is 1. The number of carbonyl (C=O) groups excluding carboxylic acids is 2. The highest BCUT2D eigenvalue weighted by Gasteiger charge is 2.19. The van der Waals surface area contributed by atoms with Gasteiger partial charge in [-0.25, -0.2) is 4.79 Å². The maximum Gasteiger partial charge on any atom is 0.341 e. The first-order valence-corrected chi connectivity index (χ1v) is 9.29. The maximum atomic E-state index is 12.4. The predicted molar refractivity (Wildman–Crippen MR) is 103 cm³/mol. The summed E-state index contributed by atoms with van der Waals surface area (Å²) in [7, 11) is 3.01. The molecule has 0 aliphatic heterocycles. The van der Waals surface area contributed by atoms with Gasteiger partial charge in [0.15, 0.2) is 18.1 Å². The van der Waals surface area contributed by atoms with Gasteiger partial charge < -0.3 is 24.3 Å². The predicted octanol–water partition coefficient (Wildman–Crippen LogP) is 3.52. The highest BCUT2D eigenvalue weighted by atomic mass is 32.1. The molecule has 1 heterocycles. The van der Waals surface area contributed by atoms with Crippen molar-refractivity contribution in [2.24, 2.45) is 0 Å². The number of hydrogen-bond donors (Lipinski definition) is 1. The molecule has 8 heteroatoms. The molecule has 1 N–H and O–H groups in total. The van der Waals surface area contributed by atoms with E-state index in [4.69, 9.17) is 18.9 Å². The zero-order valence-electron chi connectivity index (χ0n) is 15.8. The number of methoxy groups -OCH3 is 2. The van der Waals surface area contributed by atoms with Crippen molar-refractivity contribution in [3.05, 3.63) is 34.7 Å². The fraction of sp³-hybridized carbons (Fsp3) is 0.368. The number of para-hydroxylation sites is 1. The van der Waals surface area contributed by atoms with Crippen LogP contribution in [-0.2, 0) is 16.0 Å². The van der Waals surface area contributed by atoms with Crippen LogP contribution < -0.4 is 19.5 Å². The summed E-state index contributed by atoms with van der Waals surface area (Å²) in [4.78, 5) is 25.4. The van der Waals surface area contributed by atoms with E-state index in [1.54, 1.807) is 31.2 Å². The molecule has 0 unspecified atom stereocenters. The van der Waals surface area contributed by atoms with Crippen molar-refractivity contribution in [3.63, 3.8) is 0 Å². The Labute approximate surface area is 162 Å². The van der Waals surface area contributed by atoms with Crippen molar-refractivity contribution in [3.8, 4) is 17.2 Å². The zero-order chi connectivity index (χ0) is 19.8. The summed E-state index contributed by atoms with van der Waals surface area (Å²) in [5, 5.41) is 3.17. The fourth-order valence-corrected chi connectivity index (χ4v) is 3.33. The van der Waals surface area contributed by atoms with Gasteiger partial charge >= 0.3 is 5.97 Å². The Balaban J connectivity index is 2.11. The van der Waals surface area contributed by atoms with Crippen molar-refractivity contribution < 1.29 is 28.5 Å². The zero-order valence-corrected chi connectivity index (χ0v) is 16.6. The molecule has 0 saturated heterocycles. The molecule has 1 amide bonds. The topological polar surface area (TPSA) is 83.1 Å². The van der Waals surface area contributed by atoms with Crippen molar-refractivity contribution in [2.45, 2.75) is 20.3 Å². The summed E-state index contributed by atoms with van der Waals surface area (Å²) >= 11 is 1.34. The molecular weight excluding hydrogens is 370 g/mol. The van der Waals surface area contributed by atoms with Crippen LogP contribution in [0.25, 0.3) is 0 Å². The first-order valence-electron chi connectivity index (χ1n) is 8.47. The maximum absolute atomic E-state index is 12.4. The number of rotatable bonds is 9. The van der Waals surface area contributed by atoms with E-state index in [2.05, 4.69) is 5.32 Å². The molecule has 0 aliphatic rings. The van der Waals surface area contributed by atoms with E-state index < -0.39 is 11.9 Å². The van der Waals surface area contributed by atoms with Gasteiger partial charge in [-0.3, -0.25) is 4.79 Å². The summed E-state index contributed by atoms with van der Waals surface area (Å²) in [6, 6.07) is 6.92. The third-order valence-corrected chi connectivity index (χ3v) is 4.80. The SMILES string of the molecule is CCOC(=O)c1cc(CC)sc1NC(=O)COc1c(OC)cccc1OC. The Bertz CT molecular complexity index is 779. The molecular formula is C19H23NO6S. The van der Waals surface area contributed by atoms with Crippen LogP contribution in [-0.4, -0.2) is 39.3 Å². The van der Waals surface area contributed by atoms with Gasteiger partial charge in [0.2, 0.25) is 5.75 Å². The second kappa shape index (κ2) is 9.82. The summed E-state index contributed by atoms with van der Waals surface area (Å²) in [6.45, 7) is 3.71. The van der Waals surface area contributed by atoms with E-state index in [0.717, 1.165) is 11.3 Å². The number of carbonyl (C=O) groups is 2. The van der Waals surface area contributed by atoms with E-state index in [0.29, 0.717) is 27.8 Å². The van der Waals surface area contributed by atoms with Crippen LogP contribution in [0, 0.1) is 0 Å². The van der Waals surface area contributed by atoms with Crippen LogP contribution >= 0.6 is 11.3 Å². The Morgan fingerprint density at radius 2 is 1.78 bits per heavy atom. The highest BCUT2D eigenvalue weighted by Crippen LogP contribution is 2.36. The van der Waals surface area contributed by atoms with E-state index >= 15 is 0 Å². The van der Waals surface area contributed by atoms with Gasteiger partial charge in [0, 0.05) is 4.88 Å². The second-order valence-electron chi connectivity index (χ2n) is 5.36.